The number of sulfonamides is 1. The molecule has 102 valence electrons. The third kappa shape index (κ3) is 4.39. The molecular weight excluding hydrogens is 266 g/mol. The Morgan fingerprint density at radius 1 is 1.37 bits per heavy atom. The van der Waals surface area contributed by atoms with Crippen LogP contribution in [0.25, 0.3) is 0 Å². The van der Waals surface area contributed by atoms with Crippen molar-refractivity contribution in [3.63, 3.8) is 0 Å². The Balaban J connectivity index is 2.98. The van der Waals surface area contributed by atoms with Crippen molar-refractivity contribution in [1.82, 2.24) is 4.72 Å². The average Bonchev–Trinajstić information content (AvgIpc) is 2.27. The second kappa shape index (κ2) is 5.43. The Bertz CT molecular complexity index is 609. The van der Waals surface area contributed by atoms with Crippen LogP contribution in [0.4, 0.5) is 0 Å². The highest BCUT2D eigenvalue weighted by atomic mass is 32.2. The maximum atomic E-state index is 12.0. The van der Waals surface area contributed by atoms with E-state index in [2.05, 4.69) is 10.6 Å². The fraction of sp³-hybridized carbons (Fsp3) is 0.308. The lowest BCUT2D eigenvalue weighted by Gasteiger charge is -2.19. The molecule has 6 heteroatoms. The van der Waals surface area contributed by atoms with Crippen molar-refractivity contribution >= 4 is 16.0 Å². The van der Waals surface area contributed by atoms with Crippen LogP contribution >= 0.6 is 0 Å². The largest absolute Gasteiger partial charge is 0.481 e. The van der Waals surface area contributed by atoms with Gasteiger partial charge in [-0.3, -0.25) is 4.79 Å². The molecule has 0 saturated heterocycles. The molecule has 0 aliphatic heterocycles. The van der Waals surface area contributed by atoms with Gasteiger partial charge in [0.25, 0.3) is 0 Å². The molecule has 0 bridgehead atoms. The third-order valence-corrected chi connectivity index (χ3v) is 4.01. The number of carboxylic acids is 1. The van der Waals surface area contributed by atoms with E-state index in [1.165, 1.54) is 24.3 Å². The van der Waals surface area contributed by atoms with E-state index in [0.717, 1.165) is 0 Å². The first kappa shape index (κ1) is 15.2. The number of terminal acetylenes is 1. The molecule has 1 aromatic carbocycles. The number of nitrogens with one attached hydrogen (secondary N) is 1. The van der Waals surface area contributed by atoms with Crippen LogP contribution in [0.15, 0.2) is 29.2 Å². The van der Waals surface area contributed by atoms with Gasteiger partial charge in [0.05, 0.1) is 16.9 Å². The molecule has 0 aromatic heterocycles. The van der Waals surface area contributed by atoms with Gasteiger partial charge in [-0.2, -0.15) is 4.72 Å². The molecule has 0 aliphatic rings. The van der Waals surface area contributed by atoms with E-state index in [4.69, 9.17) is 11.5 Å². The summed E-state index contributed by atoms with van der Waals surface area (Å²) in [4.78, 5) is 10.6. The zero-order valence-electron chi connectivity index (χ0n) is 10.7. The van der Waals surface area contributed by atoms with Crippen molar-refractivity contribution in [2.24, 2.45) is 0 Å². The van der Waals surface area contributed by atoms with Crippen molar-refractivity contribution in [2.45, 2.75) is 30.7 Å². The summed E-state index contributed by atoms with van der Waals surface area (Å²) >= 11 is 0. The van der Waals surface area contributed by atoms with E-state index in [1.807, 2.05) is 0 Å². The van der Waals surface area contributed by atoms with E-state index < -0.39 is 21.5 Å². The van der Waals surface area contributed by atoms with Gasteiger partial charge in [-0.1, -0.05) is 18.1 Å². The van der Waals surface area contributed by atoms with Gasteiger partial charge in [-0.05, 0) is 31.5 Å². The quantitative estimate of drug-likeness (QED) is 0.789. The van der Waals surface area contributed by atoms with Crippen LogP contribution in [0.2, 0.25) is 0 Å². The van der Waals surface area contributed by atoms with Crippen molar-refractivity contribution < 1.29 is 18.3 Å². The first-order valence-electron chi connectivity index (χ1n) is 5.49. The highest BCUT2D eigenvalue weighted by Gasteiger charge is 2.24. The molecule has 0 aliphatic carbocycles. The number of benzene rings is 1. The first-order chi connectivity index (χ1) is 8.66. The van der Waals surface area contributed by atoms with Gasteiger partial charge in [-0.25, -0.2) is 8.42 Å². The minimum Gasteiger partial charge on any atom is -0.481 e. The Labute approximate surface area is 112 Å². The molecule has 0 fully saturated rings. The molecule has 0 heterocycles. The number of hydrogen-bond donors (Lipinski definition) is 2. The molecule has 0 unspecified atom stereocenters. The van der Waals surface area contributed by atoms with Gasteiger partial charge < -0.3 is 5.11 Å². The molecule has 0 saturated carbocycles. The Kier molecular flexibility index (Phi) is 4.35. The monoisotopic (exact) mass is 281 g/mol. The van der Waals surface area contributed by atoms with Crippen molar-refractivity contribution in [2.75, 3.05) is 0 Å². The second-order valence-electron chi connectivity index (χ2n) is 4.59. The van der Waals surface area contributed by atoms with Gasteiger partial charge >= 0.3 is 5.97 Å². The normalized spacial score (nSPS) is 11.8. The van der Waals surface area contributed by atoms with Crippen LogP contribution in [0.1, 0.15) is 19.4 Å². The van der Waals surface area contributed by atoms with E-state index in [-0.39, 0.29) is 11.3 Å². The zero-order valence-corrected chi connectivity index (χ0v) is 11.5. The van der Waals surface area contributed by atoms with Gasteiger partial charge in [-0.15, -0.1) is 6.42 Å². The van der Waals surface area contributed by atoms with Gasteiger partial charge in [0, 0.05) is 0 Å². The standard InChI is InChI=1S/C13H15NO4S/c1-4-13(2,3)14-19(17,18)11-7-5-10(6-8-11)9-12(15)16/h1,5-8,14H,9H2,2-3H3,(H,15,16). The summed E-state index contributed by atoms with van der Waals surface area (Å²) in [6, 6.07) is 5.64. The van der Waals surface area contributed by atoms with Crippen LogP contribution in [0, 0.1) is 12.3 Å². The van der Waals surface area contributed by atoms with Crippen LogP contribution in [-0.4, -0.2) is 25.0 Å². The number of hydrogen-bond acceptors (Lipinski definition) is 3. The van der Waals surface area contributed by atoms with Gasteiger partial charge in [0.2, 0.25) is 10.0 Å². The van der Waals surface area contributed by atoms with E-state index >= 15 is 0 Å². The summed E-state index contributed by atoms with van der Waals surface area (Å²) in [7, 11) is -3.72. The maximum Gasteiger partial charge on any atom is 0.307 e. The number of carboxylic acid groups (broad SMARTS) is 1. The summed E-state index contributed by atoms with van der Waals surface area (Å²) in [5.41, 5.74) is -0.457. The first-order valence-corrected chi connectivity index (χ1v) is 6.97. The summed E-state index contributed by atoms with van der Waals surface area (Å²) in [5, 5.41) is 8.63. The van der Waals surface area contributed by atoms with Gasteiger partial charge in [0.1, 0.15) is 0 Å². The summed E-state index contributed by atoms with van der Waals surface area (Å²) in [5.74, 6) is 1.37. The molecule has 0 amide bonds. The molecule has 19 heavy (non-hydrogen) atoms. The maximum absolute atomic E-state index is 12.0. The fourth-order valence-corrected chi connectivity index (χ4v) is 2.73. The van der Waals surface area contributed by atoms with E-state index in [9.17, 15) is 13.2 Å². The Morgan fingerprint density at radius 2 is 1.89 bits per heavy atom. The summed E-state index contributed by atoms with van der Waals surface area (Å²) in [6.07, 6.45) is 5.08. The number of aliphatic carboxylic acids is 1. The van der Waals surface area contributed by atoms with Crippen molar-refractivity contribution in [3.8, 4) is 12.3 Å². The topological polar surface area (TPSA) is 83.5 Å². The molecule has 0 radical (unpaired) electrons. The molecule has 5 nitrogen and oxygen atoms in total. The van der Waals surface area contributed by atoms with Gasteiger partial charge in [0.15, 0.2) is 0 Å². The molecular formula is C13H15NO4S. The molecule has 2 N–H and O–H groups in total. The smallest absolute Gasteiger partial charge is 0.307 e. The number of carbonyl (C=O) groups is 1. The molecule has 0 atom stereocenters. The average molecular weight is 281 g/mol. The minimum absolute atomic E-state index is 0.0463. The highest BCUT2D eigenvalue weighted by molar-refractivity contribution is 7.89. The fourth-order valence-electron chi connectivity index (χ4n) is 1.39. The third-order valence-electron chi connectivity index (χ3n) is 2.34. The lowest BCUT2D eigenvalue weighted by molar-refractivity contribution is -0.136. The summed E-state index contributed by atoms with van der Waals surface area (Å²) < 4.78 is 26.4. The SMILES string of the molecule is C#CC(C)(C)NS(=O)(=O)c1ccc(CC(=O)O)cc1. The lowest BCUT2D eigenvalue weighted by atomic mass is 10.1. The van der Waals surface area contributed by atoms with E-state index in [0.29, 0.717) is 5.56 Å². The highest BCUT2D eigenvalue weighted by Crippen LogP contribution is 2.14. The van der Waals surface area contributed by atoms with Crippen LogP contribution in [0.3, 0.4) is 0 Å². The summed E-state index contributed by atoms with van der Waals surface area (Å²) in [6.45, 7) is 3.15. The molecule has 0 spiro atoms. The Morgan fingerprint density at radius 3 is 2.32 bits per heavy atom. The zero-order chi connectivity index (χ0) is 14.7. The van der Waals surface area contributed by atoms with Crippen molar-refractivity contribution in [3.05, 3.63) is 29.8 Å². The number of rotatable bonds is 5. The predicted octanol–water partition coefficient (Wildman–Crippen LogP) is 1.00. The van der Waals surface area contributed by atoms with Crippen LogP contribution < -0.4 is 4.72 Å². The van der Waals surface area contributed by atoms with Crippen molar-refractivity contribution in [1.29, 1.82) is 0 Å². The lowest BCUT2D eigenvalue weighted by Crippen LogP contribution is -2.41. The second-order valence-corrected chi connectivity index (χ2v) is 6.27. The van der Waals surface area contributed by atoms with E-state index in [1.54, 1.807) is 13.8 Å². The molecule has 1 aromatic rings. The molecule has 1 rings (SSSR count). The van der Waals surface area contributed by atoms with Crippen LogP contribution in [-0.2, 0) is 21.2 Å². The predicted molar refractivity (Wildman–Crippen MR) is 71.0 cm³/mol. The van der Waals surface area contributed by atoms with Crippen LogP contribution in [0.5, 0.6) is 0 Å². The Hall–Kier alpha value is -1.84. The minimum atomic E-state index is -3.72.